The quantitative estimate of drug-likeness (QED) is 0.859. The second-order valence-electron chi connectivity index (χ2n) is 8.51. The molecule has 0 radical (unpaired) electrons. The fourth-order valence-corrected chi connectivity index (χ4v) is 3.83. The molecular weight excluding hydrogens is 358 g/mol. The summed E-state index contributed by atoms with van der Waals surface area (Å²) in [4.78, 5) is 29.6. The van der Waals surface area contributed by atoms with Gasteiger partial charge < -0.3 is 24.6 Å². The van der Waals surface area contributed by atoms with Crippen molar-refractivity contribution >= 4 is 11.9 Å². The van der Waals surface area contributed by atoms with Gasteiger partial charge in [0.15, 0.2) is 0 Å². The Morgan fingerprint density at radius 3 is 2.29 bits per heavy atom. The van der Waals surface area contributed by atoms with Crippen LogP contribution in [0.15, 0.2) is 24.3 Å². The third-order valence-electron chi connectivity index (χ3n) is 5.27. The van der Waals surface area contributed by atoms with Gasteiger partial charge in [0.25, 0.3) is 0 Å². The lowest BCUT2D eigenvalue weighted by atomic mass is 9.88. The molecule has 2 fully saturated rings. The minimum absolute atomic E-state index is 0.0352. The molecular formula is C21H31N3O4. The molecule has 0 aromatic heterocycles. The summed E-state index contributed by atoms with van der Waals surface area (Å²) in [6.07, 6.45) is 0. The van der Waals surface area contributed by atoms with Crippen LogP contribution in [0.4, 0.5) is 4.79 Å². The van der Waals surface area contributed by atoms with Gasteiger partial charge in [-0.2, -0.15) is 0 Å². The highest BCUT2D eigenvalue weighted by molar-refractivity contribution is 5.83. The van der Waals surface area contributed by atoms with E-state index in [1.807, 2.05) is 49.9 Å². The number of carbonyl (C=O) groups excluding carboxylic acids is 2. The van der Waals surface area contributed by atoms with E-state index in [0.717, 1.165) is 11.3 Å². The van der Waals surface area contributed by atoms with E-state index in [0.29, 0.717) is 39.4 Å². The first-order chi connectivity index (χ1) is 13.3. The van der Waals surface area contributed by atoms with Crippen molar-refractivity contribution in [2.24, 2.45) is 5.92 Å². The number of ether oxygens (including phenoxy) is 2. The average Bonchev–Trinajstić information content (AvgIpc) is 3.12. The molecule has 7 nitrogen and oxygen atoms in total. The number of carbonyl (C=O) groups is 2. The summed E-state index contributed by atoms with van der Waals surface area (Å²) in [6.45, 7) is 9.18. The third-order valence-corrected chi connectivity index (χ3v) is 5.27. The molecule has 28 heavy (non-hydrogen) atoms. The summed E-state index contributed by atoms with van der Waals surface area (Å²) in [6, 6.07) is 7.68. The van der Waals surface area contributed by atoms with Crippen LogP contribution in [0.25, 0.3) is 0 Å². The molecule has 0 spiro atoms. The van der Waals surface area contributed by atoms with E-state index >= 15 is 0 Å². The molecule has 2 atom stereocenters. The number of likely N-dealkylation sites (tertiary alicyclic amines) is 1. The zero-order valence-corrected chi connectivity index (χ0v) is 17.2. The summed E-state index contributed by atoms with van der Waals surface area (Å²) in [7, 11) is 1.63. The van der Waals surface area contributed by atoms with Crippen LogP contribution in [-0.4, -0.2) is 73.8 Å². The van der Waals surface area contributed by atoms with Gasteiger partial charge in [-0.3, -0.25) is 4.79 Å². The van der Waals surface area contributed by atoms with Crippen molar-refractivity contribution < 1.29 is 19.1 Å². The van der Waals surface area contributed by atoms with Gasteiger partial charge in [0.1, 0.15) is 5.75 Å². The number of nitrogens with zero attached hydrogens (tertiary/aromatic N) is 2. The summed E-state index contributed by atoms with van der Waals surface area (Å²) < 4.78 is 10.6. The Labute approximate surface area is 167 Å². The molecule has 0 saturated carbocycles. The minimum Gasteiger partial charge on any atom is -0.497 e. The Balaban J connectivity index is 1.81. The van der Waals surface area contributed by atoms with E-state index in [9.17, 15) is 9.59 Å². The second-order valence-corrected chi connectivity index (χ2v) is 8.51. The molecule has 2 aliphatic rings. The SMILES string of the molecule is COc1ccc([C@H]2CN(C(=O)NC(C)(C)C)C[C@H]2C(=O)N2CCOCC2)cc1. The Kier molecular flexibility index (Phi) is 6.13. The van der Waals surface area contributed by atoms with Gasteiger partial charge in [-0.15, -0.1) is 0 Å². The Morgan fingerprint density at radius 1 is 1.07 bits per heavy atom. The van der Waals surface area contributed by atoms with Crippen LogP contribution < -0.4 is 10.1 Å². The van der Waals surface area contributed by atoms with Crippen molar-refractivity contribution in [3.63, 3.8) is 0 Å². The lowest BCUT2D eigenvalue weighted by molar-refractivity contribution is -0.139. The number of urea groups is 1. The van der Waals surface area contributed by atoms with E-state index in [-0.39, 0.29) is 29.3 Å². The molecule has 0 aliphatic carbocycles. The van der Waals surface area contributed by atoms with Crippen LogP contribution in [-0.2, 0) is 9.53 Å². The first-order valence-corrected chi connectivity index (χ1v) is 9.86. The van der Waals surface area contributed by atoms with E-state index < -0.39 is 0 Å². The van der Waals surface area contributed by atoms with Crippen molar-refractivity contribution in [2.75, 3.05) is 46.5 Å². The molecule has 2 aliphatic heterocycles. The summed E-state index contributed by atoms with van der Waals surface area (Å²) >= 11 is 0. The molecule has 0 bridgehead atoms. The number of benzene rings is 1. The lowest BCUT2D eigenvalue weighted by Crippen LogP contribution is -2.48. The highest BCUT2D eigenvalue weighted by Crippen LogP contribution is 2.35. The molecule has 7 heteroatoms. The summed E-state index contributed by atoms with van der Waals surface area (Å²) in [5.41, 5.74) is 0.734. The number of amides is 3. The number of morpholine rings is 1. The molecule has 2 saturated heterocycles. The predicted molar refractivity (Wildman–Crippen MR) is 106 cm³/mol. The number of nitrogens with one attached hydrogen (secondary N) is 1. The maximum Gasteiger partial charge on any atom is 0.317 e. The zero-order valence-electron chi connectivity index (χ0n) is 17.2. The molecule has 154 valence electrons. The first kappa shape index (κ1) is 20.5. The number of hydrogen-bond donors (Lipinski definition) is 1. The van der Waals surface area contributed by atoms with Crippen molar-refractivity contribution in [1.82, 2.24) is 15.1 Å². The van der Waals surface area contributed by atoms with Gasteiger partial charge in [0, 0.05) is 37.6 Å². The monoisotopic (exact) mass is 389 g/mol. The summed E-state index contributed by atoms with van der Waals surface area (Å²) in [5.74, 6) is 0.597. The van der Waals surface area contributed by atoms with Crippen LogP contribution in [0.2, 0.25) is 0 Å². The van der Waals surface area contributed by atoms with Crippen molar-refractivity contribution in [3.8, 4) is 5.75 Å². The van der Waals surface area contributed by atoms with Gasteiger partial charge in [-0.1, -0.05) is 12.1 Å². The average molecular weight is 389 g/mol. The lowest BCUT2D eigenvalue weighted by Gasteiger charge is -2.31. The fourth-order valence-electron chi connectivity index (χ4n) is 3.83. The molecule has 2 heterocycles. The largest absolute Gasteiger partial charge is 0.497 e. The van der Waals surface area contributed by atoms with E-state index in [1.54, 1.807) is 12.0 Å². The van der Waals surface area contributed by atoms with Gasteiger partial charge in [-0.05, 0) is 38.5 Å². The van der Waals surface area contributed by atoms with Gasteiger partial charge >= 0.3 is 6.03 Å². The molecule has 1 aromatic carbocycles. The van der Waals surface area contributed by atoms with Crippen LogP contribution in [0.3, 0.4) is 0 Å². The van der Waals surface area contributed by atoms with Crippen molar-refractivity contribution in [2.45, 2.75) is 32.2 Å². The van der Waals surface area contributed by atoms with Crippen molar-refractivity contribution in [1.29, 1.82) is 0 Å². The smallest absolute Gasteiger partial charge is 0.317 e. The Hall–Kier alpha value is -2.28. The standard InChI is InChI=1S/C21H31N3O4/c1-21(2,3)22-20(26)24-13-17(15-5-7-16(27-4)8-6-15)18(14-24)19(25)23-9-11-28-12-10-23/h5-8,17-18H,9-14H2,1-4H3,(H,22,26)/t17-,18-/m1/s1. The molecule has 1 N–H and O–H groups in total. The maximum absolute atomic E-state index is 13.2. The minimum atomic E-state index is -0.320. The molecule has 1 aromatic rings. The Bertz CT molecular complexity index is 693. The molecule has 3 amide bonds. The van der Waals surface area contributed by atoms with Gasteiger partial charge in [0.05, 0.1) is 26.2 Å². The number of hydrogen-bond acceptors (Lipinski definition) is 4. The van der Waals surface area contributed by atoms with Crippen molar-refractivity contribution in [3.05, 3.63) is 29.8 Å². The Morgan fingerprint density at radius 2 is 1.71 bits per heavy atom. The predicted octanol–water partition coefficient (Wildman–Crippen LogP) is 2.08. The second kappa shape index (κ2) is 8.39. The molecule has 0 unspecified atom stereocenters. The van der Waals surface area contributed by atoms with Gasteiger partial charge in [-0.25, -0.2) is 4.79 Å². The third kappa shape index (κ3) is 4.76. The normalized spacial score (nSPS) is 22.9. The zero-order chi connectivity index (χ0) is 20.3. The first-order valence-electron chi connectivity index (χ1n) is 9.86. The number of rotatable bonds is 3. The highest BCUT2D eigenvalue weighted by Gasteiger charge is 2.42. The molecule has 3 rings (SSSR count). The van der Waals surface area contributed by atoms with Crippen LogP contribution >= 0.6 is 0 Å². The van der Waals surface area contributed by atoms with E-state index in [4.69, 9.17) is 9.47 Å². The van der Waals surface area contributed by atoms with E-state index in [1.165, 1.54) is 0 Å². The van der Waals surface area contributed by atoms with Crippen LogP contribution in [0, 0.1) is 5.92 Å². The fraction of sp³-hybridized carbons (Fsp3) is 0.619. The van der Waals surface area contributed by atoms with Gasteiger partial charge in [0.2, 0.25) is 5.91 Å². The van der Waals surface area contributed by atoms with Crippen LogP contribution in [0.1, 0.15) is 32.3 Å². The highest BCUT2D eigenvalue weighted by atomic mass is 16.5. The number of methoxy groups -OCH3 is 1. The topological polar surface area (TPSA) is 71.1 Å². The maximum atomic E-state index is 13.2. The summed E-state index contributed by atoms with van der Waals surface area (Å²) in [5, 5.41) is 3.01. The van der Waals surface area contributed by atoms with Crippen LogP contribution in [0.5, 0.6) is 5.75 Å². The van der Waals surface area contributed by atoms with E-state index in [2.05, 4.69) is 5.32 Å².